The van der Waals surface area contributed by atoms with E-state index in [4.69, 9.17) is 0 Å². The Kier molecular flexibility index (Phi) is 12.6. The van der Waals surface area contributed by atoms with E-state index in [1.165, 1.54) is 6.08 Å². The summed E-state index contributed by atoms with van der Waals surface area (Å²) >= 11 is 0. The molecule has 0 saturated heterocycles. The first-order chi connectivity index (χ1) is 8.27. The highest BCUT2D eigenvalue weighted by Gasteiger charge is 1.99. The van der Waals surface area contributed by atoms with E-state index in [0.717, 1.165) is 11.3 Å². The second-order valence-electron chi connectivity index (χ2n) is 2.48. The van der Waals surface area contributed by atoms with Crippen LogP contribution in [0.3, 0.4) is 0 Å². The maximum absolute atomic E-state index is 11.0. The summed E-state index contributed by atoms with van der Waals surface area (Å²) in [6.45, 7) is 15.0. The van der Waals surface area contributed by atoms with Crippen LogP contribution in [0.2, 0.25) is 0 Å². The van der Waals surface area contributed by atoms with Crippen molar-refractivity contribution in [1.29, 1.82) is 0 Å². The van der Waals surface area contributed by atoms with Gasteiger partial charge in [-0.2, -0.15) is 0 Å². The van der Waals surface area contributed by atoms with E-state index in [0.29, 0.717) is 0 Å². The van der Waals surface area contributed by atoms with Gasteiger partial charge < -0.3 is 5.32 Å². The number of para-hydroxylation sites is 1. The maximum atomic E-state index is 11.0. The molecule has 94 valence electrons. The van der Waals surface area contributed by atoms with Gasteiger partial charge in [-0.15, -0.1) is 0 Å². The van der Waals surface area contributed by atoms with Crippen molar-refractivity contribution < 1.29 is 4.79 Å². The van der Waals surface area contributed by atoms with Gasteiger partial charge in [-0.05, 0) is 17.7 Å². The van der Waals surface area contributed by atoms with E-state index in [9.17, 15) is 4.79 Å². The van der Waals surface area contributed by atoms with E-state index in [-0.39, 0.29) is 5.91 Å². The predicted molar refractivity (Wildman–Crippen MR) is 78.1 cm³/mol. The van der Waals surface area contributed by atoms with Gasteiger partial charge in [0, 0.05) is 5.69 Å². The molecule has 0 heterocycles. The summed E-state index contributed by atoms with van der Waals surface area (Å²) in [6.07, 6.45) is 2.93. The molecule has 0 bridgehead atoms. The monoisotopic (exact) mass is 233 g/mol. The molecule has 1 aromatic carbocycles. The summed E-state index contributed by atoms with van der Waals surface area (Å²) in [5, 5.41) is 2.68. The van der Waals surface area contributed by atoms with Crippen molar-refractivity contribution in [3.05, 3.63) is 49.1 Å². The van der Waals surface area contributed by atoms with Gasteiger partial charge in [0.15, 0.2) is 0 Å². The molecule has 0 aliphatic rings. The van der Waals surface area contributed by atoms with Crippen molar-refractivity contribution >= 4 is 17.7 Å². The summed E-state index contributed by atoms with van der Waals surface area (Å²) < 4.78 is 0. The zero-order valence-corrected chi connectivity index (χ0v) is 11.3. The van der Waals surface area contributed by atoms with Crippen LogP contribution in [0.25, 0.3) is 6.08 Å². The Labute approximate surface area is 105 Å². The molecule has 1 rings (SSSR count). The third-order valence-electron chi connectivity index (χ3n) is 1.62. The molecule has 2 nitrogen and oxygen atoms in total. The number of benzene rings is 1. The van der Waals surface area contributed by atoms with Crippen LogP contribution in [-0.4, -0.2) is 5.91 Å². The molecule has 1 aromatic rings. The number of amides is 1. The van der Waals surface area contributed by atoms with Crippen molar-refractivity contribution in [3.8, 4) is 0 Å². The van der Waals surface area contributed by atoms with Crippen molar-refractivity contribution in [2.75, 3.05) is 5.32 Å². The molecule has 0 aliphatic carbocycles. The lowest BCUT2D eigenvalue weighted by atomic mass is 10.2. The molecule has 0 fully saturated rings. The highest BCUT2D eigenvalue weighted by Crippen LogP contribution is 2.15. The Morgan fingerprint density at radius 3 is 2.12 bits per heavy atom. The number of nitrogens with one attached hydrogen (secondary N) is 1. The van der Waals surface area contributed by atoms with Crippen LogP contribution >= 0.6 is 0 Å². The molecule has 0 atom stereocenters. The largest absolute Gasteiger partial charge is 0.322 e. The van der Waals surface area contributed by atoms with Gasteiger partial charge in [0.1, 0.15) is 0 Å². The predicted octanol–water partition coefficient (Wildman–Crippen LogP) is 4.51. The van der Waals surface area contributed by atoms with Crippen LogP contribution in [0.15, 0.2) is 43.5 Å². The van der Waals surface area contributed by atoms with Gasteiger partial charge in [-0.3, -0.25) is 4.79 Å². The van der Waals surface area contributed by atoms with Crippen LogP contribution in [-0.2, 0) is 4.79 Å². The zero-order chi connectivity index (χ0) is 13.7. The topological polar surface area (TPSA) is 29.1 Å². The van der Waals surface area contributed by atoms with Crippen LogP contribution in [0.1, 0.15) is 33.3 Å². The van der Waals surface area contributed by atoms with Gasteiger partial charge in [-0.25, -0.2) is 0 Å². The zero-order valence-electron chi connectivity index (χ0n) is 11.3. The van der Waals surface area contributed by atoms with E-state index in [1.807, 2.05) is 52.0 Å². The minimum atomic E-state index is -0.214. The molecular weight excluding hydrogens is 210 g/mol. The lowest BCUT2D eigenvalue weighted by molar-refractivity contribution is -0.111. The Morgan fingerprint density at radius 2 is 1.65 bits per heavy atom. The average molecular weight is 233 g/mol. The first-order valence-electron chi connectivity index (χ1n) is 5.93. The van der Waals surface area contributed by atoms with Crippen LogP contribution in [0, 0.1) is 0 Å². The summed E-state index contributed by atoms with van der Waals surface area (Å²) in [5.41, 5.74) is 1.65. The lowest BCUT2D eigenvalue weighted by Gasteiger charge is -2.05. The molecule has 1 N–H and O–H groups in total. The van der Waals surface area contributed by atoms with E-state index in [2.05, 4.69) is 18.5 Å². The van der Waals surface area contributed by atoms with E-state index >= 15 is 0 Å². The number of carbonyl (C=O) groups is 1. The molecule has 0 unspecified atom stereocenters. The number of rotatable bonds is 3. The van der Waals surface area contributed by atoms with Gasteiger partial charge >= 0.3 is 0 Å². The van der Waals surface area contributed by atoms with Crippen LogP contribution in [0.4, 0.5) is 5.69 Å². The Hall–Kier alpha value is -1.83. The molecule has 0 aliphatic heterocycles. The first kappa shape index (κ1) is 17.6. The summed E-state index contributed by atoms with van der Waals surface area (Å²) in [5.74, 6) is -0.214. The van der Waals surface area contributed by atoms with Gasteiger partial charge in [-0.1, -0.05) is 65.1 Å². The third-order valence-corrected chi connectivity index (χ3v) is 1.62. The molecule has 0 aromatic heterocycles. The number of anilines is 1. The van der Waals surface area contributed by atoms with Gasteiger partial charge in [0.25, 0.3) is 0 Å². The summed E-state index contributed by atoms with van der Waals surface area (Å²) in [4.78, 5) is 11.0. The normalized spacial score (nSPS) is 7.53. The fraction of sp³-hybridized carbons (Fsp3) is 0.267. The Balaban J connectivity index is 0. The van der Waals surface area contributed by atoms with Crippen LogP contribution in [0.5, 0.6) is 0 Å². The highest BCUT2D eigenvalue weighted by atomic mass is 16.1. The molecule has 17 heavy (non-hydrogen) atoms. The van der Waals surface area contributed by atoms with E-state index < -0.39 is 0 Å². The number of hydrogen-bond acceptors (Lipinski definition) is 1. The Morgan fingerprint density at radius 1 is 1.12 bits per heavy atom. The van der Waals surface area contributed by atoms with E-state index in [1.54, 1.807) is 6.08 Å². The maximum Gasteiger partial charge on any atom is 0.247 e. The standard InChI is InChI=1S/C11H11NO.2C2H6/c1-3-9-7-5-6-8-10(9)12-11(13)4-2;2*1-2/h3-8H,1-2H2,(H,12,13);2*1-2H3. The molecule has 0 radical (unpaired) electrons. The molecule has 0 spiro atoms. The van der Waals surface area contributed by atoms with Crippen molar-refractivity contribution in [2.24, 2.45) is 0 Å². The van der Waals surface area contributed by atoms with Crippen molar-refractivity contribution in [1.82, 2.24) is 0 Å². The minimum absolute atomic E-state index is 0.214. The Bertz CT molecular complexity index is 343. The van der Waals surface area contributed by atoms with Gasteiger partial charge in [0.05, 0.1) is 0 Å². The number of carbonyl (C=O) groups excluding carboxylic acids is 1. The van der Waals surface area contributed by atoms with Gasteiger partial charge in [0.2, 0.25) is 5.91 Å². The van der Waals surface area contributed by atoms with Crippen molar-refractivity contribution in [2.45, 2.75) is 27.7 Å². The number of hydrogen-bond donors (Lipinski definition) is 1. The minimum Gasteiger partial charge on any atom is -0.322 e. The summed E-state index contributed by atoms with van der Waals surface area (Å²) in [7, 11) is 0. The SMILES string of the molecule is C=CC(=O)Nc1ccccc1C=C.CC.CC. The summed E-state index contributed by atoms with van der Waals surface area (Å²) in [6, 6.07) is 7.44. The second-order valence-corrected chi connectivity index (χ2v) is 2.48. The van der Waals surface area contributed by atoms with Crippen molar-refractivity contribution in [3.63, 3.8) is 0 Å². The third kappa shape index (κ3) is 7.12. The lowest BCUT2D eigenvalue weighted by Crippen LogP contribution is -2.08. The fourth-order valence-corrected chi connectivity index (χ4v) is 0.973. The first-order valence-corrected chi connectivity index (χ1v) is 5.93. The van der Waals surface area contributed by atoms with Crippen LogP contribution < -0.4 is 5.32 Å². The fourth-order valence-electron chi connectivity index (χ4n) is 0.973. The molecule has 1 amide bonds. The quantitative estimate of drug-likeness (QED) is 0.765. The molecule has 0 saturated carbocycles. The molecule has 2 heteroatoms. The smallest absolute Gasteiger partial charge is 0.247 e. The second kappa shape index (κ2) is 12.2. The average Bonchev–Trinajstić information content (AvgIpc) is 2.43. The molecular formula is C15H23NO. The highest BCUT2D eigenvalue weighted by molar-refractivity contribution is 6.00.